The number of ether oxygens (including phenoxy) is 4. The van der Waals surface area contributed by atoms with Gasteiger partial charge in [-0.1, -0.05) is 0 Å². The third-order valence-electron chi connectivity index (χ3n) is 3.19. The summed E-state index contributed by atoms with van der Waals surface area (Å²) in [5.74, 6) is -2.96. The van der Waals surface area contributed by atoms with Crippen LogP contribution in [0.15, 0.2) is 0 Å². The second-order valence-electron chi connectivity index (χ2n) is 5.48. The summed E-state index contributed by atoms with van der Waals surface area (Å²) in [6.45, 7) is 2.05. The Balaban J connectivity index is 3.29. The molecule has 0 aromatic rings. The molecule has 1 aliphatic rings. The first-order valence-corrected chi connectivity index (χ1v) is 8.87. The molecule has 0 bridgehead atoms. The predicted octanol–water partition coefficient (Wildman–Crippen LogP) is -0.635. The summed E-state index contributed by atoms with van der Waals surface area (Å²) in [6, 6.07) is 0. The molecule has 0 spiro atoms. The number of hydrogen-bond acceptors (Lipinski definition) is 11. The topological polar surface area (TPSA) is 152 Å². The fraction of sp³-hybridized carbons (Fsp3) is 0.769. The standard InChI is InChI=1S/C13H17F3O11S/c1-5(17)23-4-8-9(24-6(2)18)10(25-7(3)19)11(12(20)26-8)27-28(21,22)13(14,15)16/h8-12,20H,4H2,1-3H3/t8?,9-,10?,11?,12+/m1/s1. The lowest BCUT2D eigenvalue weighted by atomic mass is 9.98. The van der Waals surface area contributed by atoms with Gasteiger partial charge >= 0.3 is 33.5 Å². The minimum absolute atomic E-state index is 0.666. The van der Waals surface area contributed by atoms with Crippen LogP contribution in [0.2, 0.25) is 0 Å². The van der Waals surface area contributed by atoms with E-state index in [4.69, 9.17) is 14.2 Å². The molecule has 15 heteroatoms. The molecule has 0 aromatic heterocycles. The van der Waals surface area contributed by atoms with Gasteiger partial charge < -0.3 is 24.1 Å². The van der Waals surface area contributed by atoms with Crippen LogP contribution in [0.4, 0.5) is 13.2 Å². The smallest absolute Gasteiger partial charge is 0.463 e. The minimum atomic E-state index is -6.25. The molecule has 0 radical (unpaired) electrons. The van der Waals surface area contributed by atoms with Gasteiger partial charge in [0.1, 0.15) is 12.7 Å². The molecule has 11 nitrogen and oxygen atoms in total. The van der Waals surface area contributed by atoms with Gasteiger partial charge in [0.05, 0.1) is 0 Å². The Morgan fingerprint density at radius 1 is 0.964 bits per heavy atom. The zero-order valence-corrected chi connectivity index (χ0v) is 15.5. The second kappa shape index (κ2) is 9.02. The molecule has 1 N–H and O–H groups in total. The van der Waals surface area contributed by atoms with Gasteiger partial charge in [0.2, 0.25) is 0 Å². The van der Waals surface area contributed by atoms with E-state index in [1.165, 1.54) is 0 Å². The number of esters is 3. The number of halogens is 3. The van der Waals surface area contributed by atoms with Crippen molar-refractivity contribution in [2.24, 2.45) is 0 Å². The largest absolute Gasteiger partial charge is 0.523 e. The normalized spacial score (nSPS) is 28.3. The fourth-order valence-electron chi connectivity index (χ4n) is 2.19. The van der Waals surface area contributed by atoms with Gasteiger partial charge in [0, 0.05) is 20.8 Å². The van der Waals surface area contributed by atoms with E-state index in [9.17, 15) is 41.1 Å². The molecule has 1 aliphatic heterocycles. The van der Waals surface area contributed by atoms with Crippen molar-refractivity contribution in [3.63, 3.8) is 0 Å². The van der Waals surface area contributed by atoms with Crippen LogP contribution in [0.5, 0.6) is 0 Å². The lowest BCUT2D eigenvalue weighted by Gasteiger charge is -2.42. The molecule has 3 unspecified atom stereocenters. The zero-order valence-electron chi connectivity index (χ0n) is 14.7. The molecule has 1 rings (SSSR count). The summed E-state index contributed by atoms with van der Waals surface area (Å²) in [4.78, 5) is 33.6. The van der Waals surface area contributed by atoms with E-state index in [0.29, 0.717) is 0 Å². The molecule has 0 aliphatic carbocycles. The highest BCUT2D eigenvalue weighted by Crippen LogP contribution is 2.33. The maximum atomic E-state index is 12.6. The van der Waals surface area contributed by atoms with Gasteiger partial charge in [-0.2, -0.15) is 21.6 Å². The molecule has 1 heterocycles. The van der Waals surface area contributed by atoms with E-state index < -0.39 is 70.8 Å². The van der Waals surface area contributed by atoms with E-state index in [1.807, 2.05) is 0 Å². The summed E-state index contributed by atoms with van der Waals surface area (Å²) < 4.78 is 83.5. The van der Waals surface area contributed by atoms with Gasteiger partial charge in [-0.05, 0) is 0 Å². The lowest BCUT2D eigenvalue weighted by Crippen LogP contribution is -2.62. The molecular formula is C13H17F3O11S. The lowest BCUT2D eigenvalue weighted by molar-refractivity contribution is -0.288. The van der Waals surface area contributed by atoms with Gasteiger partial charge in [-0.3, -0.25) is 18.6 Å². The Morgan fingerprint density at radius 2 is 1.46 bits per heavy atom. The number of carbonyl (C=O) groups is 3. The second-order valence-corrected chi connectivity index (χ2v) is 7.04. The number of aliphatic hydroxyl groups is 1. The van der Waals surface area contributed by atoms with Crippen LogP contribution >= 0.6 is 0 Å². The predicted molar refractivity (Wildman–Crippen MR) is 78.5 cm³/mol. The molecule has 1 saturated heterocycles. The quantitative estimate of drug-likeness (QED) is 0.244. The molecule has 0 aromatic carbocycles. The van der Waals surface area contributed by atoms with Crippen LogP contribution in [0, 0.1) is 0 Å². The molecule has 0 amide bonds. The SMILES string of the molecule is CC(=O)OCC1O[C@H](O)C(OS(=O)(=O)C(F)(F)F)C(OC(C)=O)[C@@H]1OC(C)=O. The molecule has 162 valence electrons. The van der Waals surface area contributed by atoms with Crippen LogP contribution in [0.1, 0.15) is 20.8 Å². The number of carbonyl (C=O) groups excluding carboxylic acids is 3. The van der Waals surface area contributed by atoms with Crippen LogP contribution < -0.4 is 0 Å². The number of rotatable bonds is 6. The number of hydrogen-bond donors (Lipinski definition) is 1. The Bertz CT molecular complexity index is 705. The van der Waals surface area contributed by atoms with Crippen molar-refractivity contribution in [2.45, 2.75) is 57.0 Å². The van der Waals surface area contributed by atoms with Crippen LogP contribution in [-0.4, -0.2) is 74.3 Å². The Kier molecular flexibility index (Phi) is 7.75. The van der Waals surface area contributed by atoms with Gasteiger partial charge in [-0.25, -0.2) is 0 Å². The van der Waals surface area contributed by atoms with Crippen LogP contribution in [-0.2, 0) is 47.6 Å². The van der Waals surface area contributed by atoms with Gasteiger partial charge in [0.15, 0.2) is 24.6 Å². The minimum Gasteiger partial charge on any atom is -0.463 e. The van der Waals surface area contributed by atoms with Crippen molar-refractivity contribution >= 4 is 28.0 Å². The highest BCUT2D eigenvalue weighted by atomic mass is 32.2. The van der Waals surface area contributed by atoms with E-state index in [0.717, 1.165) is 20.8 Å². The van der Waals surface area contributed by atoms with Gasteiger partial charge in [0.25, 0.3) is 0 Å². The Labute approximate surface area is 156 Å². The first-order chi connectivity index (χ1) is 12.7. The maximum absolute atomic E-state index is 12.6. The maximum Gasteiger partial charge on any atom is 0.523 e. The highest BCUT2D eigenvalue weighted by molar-refractivity contribution is 7.87. The van der Waals surface area contributed by atoms with Crippen LogP contribution in [0.3, 0.4) is 0 Å². The zero-order chi connectivity index (χ0) is 21.9. The van der Waals surface area contributed by atoms with E-state index >= 15 is 0 Å². The highest BCUT2D eigenvalue weighted by Gasteiger charge is 2.56. The van der Waals surface area contributed by atoms with Crippen molar-refractivity contribution < 1.29 is 64.2 Å². The molecular weight excluding hydrogens is 421 g/mol. The monoisotopic (exact) mass is 438 g/mol. The molecule has 0 saturated carbocycles. The summed E-state index contributed by atoms with van der Waals surface area (Å²) in [6.07, 6.45) is -10.1. The molecule has 5 atom stereocenters. The van der Waals surface area contributed by atoms with E-state index in [2.05, 4.69) is 8.92 Å². The Hall–Kier alpha value is -1.97. The average Bonchev–Trinajstić information content (AvgIpc) is 2.49. The Morgan fingerprint density at radius 3 is 1.89 bits per heavy atom. The third-order valence-corrected chi connectivity index (χ3v) is 4.23. The summed E-state index contributed by atoms with van der Waals surface area (Å²) in [7, 11) is -6.25. The van der Waals surface area contributed by atoms with Crippen molar-refractivity contribution in [3.05, 3.63) is 0 Å². The third kappa shape index (κ3) is 6.29. The fourth-order valence-corrected chi connectivity index (χ4v) is 2.80. The van der Waals surface area contributed by atoms with Crippen molar-refractivity contribution in [1.82, 2.24) is 0 Å². The summed E-state index contributed by atoms with van der Waals surface area (Å²) in [5.41, 5.74) is -5.86. The number of alkyl halides is 3. The van der Waals surface area contributed by atoms with Crippen molar-refractivity contribution in [1.29, 1.82) is 0 Å². The first-order valence-electron chi connectivity index (χ1n) is 7.46. The number of aliphatic hydroxyl groups excluding tert-OH is 1. The first kappa shape index (κ1) is 24.1. The van der Waals surface area contributed by atoms with E-state index in [1.54, 1.807) is 0 Å². The average molecular weight is 438 g/mol. The molecule has 28 heavy (non-hydrogen) atoms. The van der Waals surface area contributed by atoms with E-state index in [-0.39, 0.29) is 0 Å². The summed E-state index contributed by atoms with van der Waals surface area (Å²) >= 11 is 0. The summed E-state index contributed by atoms with van der Waals surface area (Å²) in [5, 5.41) is 9.92. The van der Waals surface area contributed by atoms with Crippen LogP contribution in [0.25, 0.3) is 0 Å². The molecule has 1 fully saturated rings. The van der Waals surface area contributed by atoms with Crippen molar-refractivity contribution in [2.75, 3.05) is 6.61 Å². The van der Waals surface area contributed by atoms with Crippen molar-refractivity contribution in [3.8, 4) is 0 Å². The van der Waals surface area contributed by atoms with Gasteiger partial charge in [-0.15, -0.1) is 0 Å².